The molecule has 1 heterocycles. The molecule has 52 heavy (non-hydrogen) atoms. The fourth-order valence-corrected chi connectivity index (χ4v) is 6.69. The predicted octanol–water partition coefficient (Wildman–Crippen LogP) is 7.82. The monoisotopic (exact) mass is 698 g/mol. The summed E-state index contributed by atoms with van der Waals surface area (Å²) in [6.45, 7) is 4.71. The number of nitrogens with zero attached hydrogens (tertiary/aromatic N) is 1. The molecule has 1 fully saturated rings. The van der Waals surface area contributed by atoms with Crippen LogP contribution in [0.1, 0.15) is 65.5 Å². The Bertz CT molecular complexity index is 1860. The van der Waals surface area contributed by atoms with Crippen molar-refractivity contribution in [3.63, 3.8) is 0 Å². The van der Waals surface area contributed by atoms with Crippen molar-refractivity contribution in [3.05, 3.63) is 167 Å². The number of nitrogens with one attached hydrogen (secondary N) is 1. The number of amides is 1. The zero-order valence-electron chi connectivity index (χ0n) is 29.4. The highest BCUT2D eigenvalue weighted by atomic mass is 16.7. The first-order valence-electron chi connectivity index (χ1n) is 17.8. The van der Waals surface area contributed by atoms with Gasteiger partial charge in [-0.15, -0.1) is 0 Å². The first kappa shape index (κ1) is 36.7. The van der Waals surface area contributed by atoms with Crippen molar-refractivity contribution in [2.24, 2.45) is 5.92 Å². The molecule has 8 heteroatoms. The summed E-state index contributed by atoms with van der Waals surface area (Å²) in [5, 5.41) is 21.4. The fraction of sp³-hybridized carbons (Fsp3) is 0.273. The van der Waals surface area contributed by atoms with Gasteiger partial charge in [-0.2, -0.15) is 0 Å². The van der Waals surface area contributed by atoms with E-state index >= 15 is 0 Å². The summed E-state index contributed by atoms with van der Waals surface area (Å²) in [6.07, 6.45) is -1.29. The number of carboxylic acid groups (broad SMARTS) is 1. The summed E-state index contributed by atoms with van der Waals surface area (Å²) in [5.41, 5.74) is 8.13. The second-order valence-corrected chi connectivity index (χ2v) is 13.5. The highest BCUT2D eigenvalue weighted by Gasteiger charge is 2.39. The topological polar surface area (TPSA) is 108 Å². The third-order valence-electron chi connectivity index (χ3n) is 9.53. The Kier molecular flexibility index (Phi) is 12.6. The number of aliphatic hydroxyl groups is 1. The Balaban J connectivity index is 1.26. The highest BCUT2D eigenvalue weighted by Crippen LogP contribution is 2.42. The molecule has 0 aromatic heterocycles. The Morgan fingerprint density at radius 3 is 1.92 bits per heavy atom. The van der Waals surface area contributed by atoms with Gasteiger partial charge in [0.15, 0.2) is 6.29 Å². The second-order valence-electron chi connectivity index (χ2n) is 13.5. The molecule has 5 aromatic rings. The molecule has 8 nitrogen and oxygen atoms in total. The lowest BCUT2D eigenvalue weighted by atomic mass is 9.89. The van der Waals surface area contributed by atoms with Crippen LogP contribution in [0.5, 0.6) is 0 Å². The maximum Gasteiger partial charge on any atom is 0.303 e. The normalized spacial score (nSPS) is 18.6. The molecule has 5 aromatic carbocycles. The average Bonchev–Trinajstić information content (AvgIpc) is 3.18. The predicted molar refractivity (Wildman–Crippen MR) is 201 cm³/mol. The van der Waals surface area contributed by atoms with Crippen LogP contribution in [0.25, 0.3) is 11.1 Å². The second kappa shape index (κ2) is 17.9. The molecule has 268 valence electrons. The van der Waals surface area contributed by atoms with E-state index in [4.69, 9.17) is 14.6 Å². The van der Waals surface area contributed by atoms with Crippen LogP contribution in [-0.4, -0.2) is 39.6 Å². The van der Waals surface area contributed by atoms with Crippen LogP contribution in [0.15, 0.2) is 133 Å². The standard InChI is InChI=1S/C44H46N2O6/c1-31-40(29-46(27-32-10-4-2-5-11-32)28-33-12-6-3-7-13-33)51-44(52-43(31)36-20-18-34(30-47)19-21-36)39-17-9-16-38(25-39)37-15-8-14-35(24-37)26-45-41(48)22-23-42(49)50/h2-21,24-25,31,40,43-44,47H,22-23,26-30H2,1H3,(H,45,48)(H,49,50)/t31-,40+,43+,44+/m0/s1. The van der Waals surface area contributed by atoms with E-state index in [0.29, 0.717) is 13.1 Å². The number of carboxylic acids is 1. The Morgan fingerprint density at radius 1 is 0.673 bits per heavy atom. The molecule has 0 bridgehead atoms. The molecule has 0 saturated carbocycles. The molecular weight excluding hydrogens is 652 g/mol. The van der Waals surface area contributed by atoms with Crippen molar-refractivity contribution < 1.29 is 29.3 Å². The third kappa shape index (κ3) is 10.0. The van der Waals surface area contributed by atoms with Crippen LogP contribution in [-0.2, 0) is 45.3 Å². The van der Waals surface area contributed by atoms with E-state index in [-0.39, 0.29) is 43.5 Å². The van der Waals surface area contributed by atoms with Crippen molar-refractivity contribution >= 4 is 11.9 Å². The van der Waals surface area contributed by atoms with E-state index in [1.807, 2.05) is 78.9 Å². The van der Waals surface area contributed by atoms with Crippen LogP contribution in [0.4, 0.5) is 0 Å². The lowest BCUT2D eigenvalue weighted by molar-refractivity contribution is -0.276. The molecule has 3 N–H and O–H groups in total. The number of rotatable bonds is 15. The van der Waals surface area contributed by atoms with E-state index in [2.05, 4.69) is 71.7 Å². The molecule has 1 aliphatic rings. The molecule has 6 rings (SSSR count). The number of benzene rings is 5. The number of hydrogen-bond acceptors (Lipinski definition) is 6. The minimum absolute atomic E-state index is 0.0191. The smallest absolute Gasteiger partial charge is 0.303 e. The van der Waals surface area contributed by atoms with Crippen molar-refractivity contribution in [2.45, 2.75) is 64.5 Å². The molecule has 1 aliphatic heterocycles. The first-order chi connectivity index (χ1) is 25.3. The molecule has 1 saturated heterocycles. The van der Waals surface area contributed by atoms with Crippen molar-refractivity contribution in [1.82, 2.24) is 10.2 Å². The maximum atomic E-state index is 12.1. The van der Waals surface area contributed by atoms with E-state index in [0.717, 1.165) is 46.5 Å². The largest absolute Gasteiger partial charge is 0.481 e. The van der Waals surface area contributed by atoms with Gasteiger partial charge in [-0.05, 0) is 51.1 Å². The number of ether oxygens (including phenoxy) is 2. The van der Waals surface area contributed by atoms with Crippen LogP contribution in [0.2, 0.25) is 0 Å². The van der Waals surface area contributed by atoms with Crippen LogP contribution in [0, 0.1) is 5.92 Å². The van der Waals surface area contributed by atoms with E-state index in [9.17, 15) is 14.7 Å². The van der Waals surface area contributed by atoms with Gasteiger partial charge in [0.05, 0.1) is 25.2 Å². The molecular formula is C44H46N2O6. The lowest BCUT2D eigenvalue weighted by Gasteiger charge is -2.43. The molecule has 0 radical (unpaired) electrons. The van der Waals surface area contributed by atoms with Gasteiger partial charge in [-0.1, -0.05) is 128 Å². The number of aliphatic carboxylic acids is 1. The molecule has 0 spiro atoms. The van der Waals surface area contributed by atoms with E-state index in [1.165, 1.54) is 11.1 Å². The van der Waals surface area contributed by atoms with Gasteiger partial charge >= 0.3 is 5.97 Å². The van der Waals surface area contributed by atoms with Crippen LogP contribution < -0.4 is 5.32 Å². The zero-order valence-corrected chi connectivity index (χ0v) is 29.4. The summed E-state index contributed by atoms with van der Waals surface area (Å²) >= 11 is 0. The number of aliphatic hydroxyl groups excluding tert-OH is 1. The molecule has 0 aliphatic carbocycles. The van der Waals surface area contributed by atoms with Crippen molar-refractivity contribution in [3.8, 4) is 11.1 Å². The van der Waals surface area contributed by atoms with Crippen molar-refractivity contribution in [1.29, 1.82) is 0 Å². The Hall–Kier alpha value is -5.12. The number of carbonyl (C=O) groups is 2. The highest BCUT2D eigenvalue weighted by molar-refractivity contribution is 5.80. The first-order valence-corrected chi connectivity index (χ1v) is 17.8. The average molecular weight is 699 g/mol. The summed E-state index contributed by atoms with van der Waals surface area (Å²) in [6, 6.07) is 45.1. The van der Waals surface area contributed by atoms with Crippen LogP contribution in [0.3, 0.4) is 0 Å². The molecule has 4 atom stereocenters. The van der Waals surface area contributed by atoms with Gasteiger partial charge in [0.25, 0.3) is 0 Å². The maximum absolute atomic E-state index is 12.1. The zero-order chi connectivity index (χ0) is 36.3. The van der Waals surface area contributed by atoms with Gasteiger partial charge in [-0.25, -0.2) is 0 Å². The summed E-state index contributed by atoms with van der Waals surface area (Å²) in [4.78, 5) is 25.4. The minimum atomic E-state index is -0.994. The summed E-state index contributed by atoms with van der Waals surface area (Å²) in [5.74, 6) is -1.26. The summed E-state index contributed by atoms with van der Waals surface area (Å²) in [7, 11) is 0. The van der Waals surface area contributed by atoms with Crippen molar-refractivity contribution in [2.75, 3.05) is 6.54 Å². The quantitative estimate of drug-likeness (QED) is 0.102. The van der Waals surface area contributed by atoms with Gasteiger partial charge in [0.1, 0.15) is 0 Å². The third-order valence-corrected chi connectivity index (χ3v) is 9.53. The van der Waals surface area contributed by atoms with Crippen LogP contribution >= 0.6 is 0 Å². The fourth-order valence-electron chi connectivity index (χ4n) is 6.69. The van der Waals surface area contributed by atoms with Gasteiger partial charge < -0.3 is 25.0 Å². The molecule has 1 amide bonds. The van der Waals surface area contributed by atoms with Gasteiger partial charge in [-0.3, -0.25) is 14.5 Å². The Morgan fingerprint density at radius 2 is 1.29 bits per heavy atom. The number of carbonyl (C=O) groups excluding carboxylic acids is 1. The minimum Gasteiger partial charge on any atom is -0.481 e. The van der Waals surface area contributed by atoms with Gasteiger partial charge in [0.2, 0.25) is 5.91 Å². The Labute approximate surface area is 305 Å². The lowest BCUT2D eigenvalue weighted by Crippen LogP contribution is -2.44. The van der Waals surface area contributed by atoms with E-state index in [1.54, 1.807) is 0 Å². The SMILES string of the molecule is C[C@H]1[C@@H](CN(Cc2ccccc2)Cc2ccccc2)O[C@@H](c2cccc(-c3cccc(CNC(=O)CCC(=O)O)c3)c2)O[C@H]1c1ccc(CO)cc1. The van der Waals surface area contributed by atoms with E-state index < -0.39 is 12.3 Å². The number of hydrogen-bond donors (Lipinski definition) is 3. The van der Waals surface area contributed by atoms with Gasteiger partial charge in [0, 0.05) is 44.1 Å². The molecule has 0 unspecified atom stereocenters. The summed E-state index contributed by atoms with van der Waals surface area (Å²) < 4.78 is 13.7.